The van der Waals surface area contributed by atoms with Crippen molar-refractivity contribution in [2.75, 3.05) is 32.7 Å². The number of carbonyl (C=O) groups excluding carboxylic acids is 2. The molecule has 0 bridgehead atoms. The highest BCUT2D eigenvalue weighted by atomic mass is 35.5. The van der Waals surface area contributed by atoms with Crippen LogP contribution in [0.1, 0.15) is 66.9 Å². The molecule has 5 N–H and O–H groups in total. The lowest BCUT2D eigenvalue weighted by Crippen LogP contribution is -2.56. The first kappa shape index (κ1) is 38.5. The van der Waals surface area contributed by atoms with Crippen molar-refractivity contribution in [2.24, 2.45) is 0 Å². The van der Waals surface area contributed by atoms with Crippen LogP contribution in [0.3, 0.4) is 0 Å². The smallest absolute Gasteiger partial charge is 0.253 e. The first-order valence-corrected chi connectivity index (χ1v) is 15.9. The molecule has 2 aliphatic heterocycles. The number of nitrogens with one attached hydrogen (secondary N) is 1. The van der Waals surface area contributed by atoms with Crippen molar-refractivity contribution in [2.45, 2.75) is 62.8 Å². The first-order chi connectivity index (χ1) is 20.3. The van der Waals surface area contributed by atoms with Gasteiger partial charge in [-0.3, -0.25) is 9.59 Å². The van der Waals surface area contributed by atoms with Gasteiger partial charge in [0.1, 0.15) is 0 Å². The zero-order valence-corrected chi connectivity index (χ0v) is 28.2. The van der Waals surface area contributed by atoms with Crippen LogP contribution in [-0.2, 0) is 16.6 Å². The number of likely N-dealkylation sites (tertiary alicyclic amines) is 2. The number of benzene rings is 3. The average Bonchev–Trinajstić information content (AvgIpc) is 3.00. The van der Waals surface area contributed by atoms with Gasteiger partial charge in [-0.15, -0.1) is 12.4 Å². The van der Waals surface area contributed by atoms with Gasteiger partial charge in [0.2, 0.25) is 5.91 Å². The van der Waals surface area contributed by atoms with Gasteiger partial charge in [-0.05, 0) is 86.9 Å². The van der Waals surface area contributed by atoms with Crippen LogP contribution in [0, 0.1) is 0 Å². The molecule has 2 heterocycles. The summed E-state index contributed by atoms with van der Waals surface area (Å²) in [5.74, 6) is 0.123. The minimum Gasteiger partial charge on any atom is -0.412 e. The summed E-state index contributed by atoms with van der Waals surface area (Å²) in [6.45, 7) is 5.93. The predicted octanol–water partition coefficient (Wildman–Crippen LogP) is 5.93. The SMILES string of the molecule is CC(=O)NC1(Cc2ccccc2)CCN(CCCC2(c3ccc(Cl)c(Cl)c3)CCCN(C(=O)c3ccccc3)C2)CC1.Cl.O.O. The minimum absolute atomic E-state index is 0. The fourth-order valence-electron chi connectivity index (χ4n) is 7.03. The van der Waals surface area contributed by atoms with Gasteiger partial charge in [-0.2, -0.15) is 0 Å². The number of piperidine rings is 2. The summed E-state index contributed by atoms with van der Waals surface area (Å²) in [5.41, 5.74) is 2.77. The Morgan fingerprint density at radius 2 is 1.49 bits per heavy atom. The Balaban J connectivity index is 0.00000235. The van der Waals surface area contributed by atoms with E-state index in [1.165, 1.54) is 5.56 Å². The summed E-state index contributed by atoms with van der Waals surface area (Å²) in [6, 6.07) is 26.0. The molecular formula is C35H46Cl3N3O4. The molecule has 2 saturated heterocycles. The van der Waals surface area contributed by atoms with Gasteiger partial charge in [0.05, 0.1) is 10.0 Å². The third-order valence-corrected chi connectivity index (χ3v) is 9.93. The molecule has 5 rings (SSSR count). The summed E-state index contributed by atoms with van der Waals surface area (Å²) >= 11 is 12.8. The number of carbonyl (C=O) groups is 2. The Hall–Kier alpha value is -2.65. The molecule has 2 aliphatic rings. The van der Waals surface area contributed by atoms with E-state index in [4.69, 9.17) is 23.2 Å². The maximum Gasteiger partial charge on any atom is 0.253 e. The van der Waals surface area contributed by atoms with Crippen LogP contribution >= 0.6 is 35.6 Å². The van der Waals surface area contributed by atoms with Crippen molar-refractivity contribution in [3.8, 4) is 0 Å². The van der Waals surface area contributed by atoms with E-state index in [9.17, 15) is 9.59 Å². The summed E-state index contributed by atoms with van der Waals surface area (Å²) < 4.78 is 0. The highest BCUT2D eigenvalue weighted by Gasteiger charge is 2.40. The second-order valence-corrected chi connectivity index (χ2v) is 13.0. The van der Waals surface area contributed by atoms with Gasteiger partial charge < -0.3 is 26.1 Å². The van der Waals surface area contributed by atoms with Crippen molar-refractivity contribution in [1.82, 2.24) is 15.1 Å². The second kappa shape index (κ2) is 17.3. The highest BCUT2D eigenvalue weighted by Crippen LogP contribution is 2.41. The number of amides is 2. The normalized spacial score (nSPS) is 19.3. The van der Waals surface area contributed by atoms with Gasteiger partial charge in [0.25, 0.3) is 5.91 Å². The largest absolute Gasteiger partial charge is 0.412 e. The molecule has 0 spiro atoms. The van der Waals surface area contributed by atoms with E-state index in [-0.39, 0.29) is 46.1 Å². The highest BCUT2D eigenvalue weighted by molar-refractivity contribution is 6.42. The standard InChI is InChI=1S/C35H41Cl2N3O2.ClH.2H2O/c1-27(41)38-35(25-28-10-4-2-5-11-28)18-22-39(23-19-35)20-8-16-34(30-14-15-31(36)32(37)24-30)17-9-21-40(26-34)33(42)29-12-6-3-7-13-29;;;/h2-7,10-15,24H,8-9,16-23,25-26H2,1H3,(H,38,41);1H;2*1H2. The molecule has 1 unspecified atom stereocenters. The molecule has 1 atom stereocenters. The maximum absolute atomic E-state index is 13.5. The molecule has 2 amide bonds. The maximum atomic E-state index is 13.5. The Morgan fingerprint density at radius 3 is 2.11 bits per heavy atom. The Labute approximate surface area is 283 Å². The van der Waals surface area contributed by atoms with E-state index in [2.05, 4.69) is 40.5 Å². The fraction of sp³-hybridized carbons (Fsp3) is 0.429. The van der Waals surface area contributed by atoms with Gasteiger partial charge in [-0.1, -0.05) is 77.8 Å². The van der Waals surface area contributed by atoms with Crippen molar-refractivity contribution in [1.29, 1.82) is 0 Å². The first-order valence-electron chi connectivity index (χ1n) is 15.1. The van der Waals surface area contributed by atoms with Gasteiger partial charge in [0, 0.05) is 49.6 Å². The lowest BCUT2D eigenvalue weighted by atomic mass is 9.70. The van der Waals surface area contributed by atoms with E-state index < -0.39 is 0 Å². The van der Waals surface area contributed by atoms with Crippen LogP contribution in [0.15, 0.2) is 78.9 Å². The number of rotatable bonds is 9. The summed E-state index contributed by atoms with van der Waals surface area (Å²) in [7, 11) is 0. The predicted molar refractivity (Wildman–Crippen MR) is 186 cm³/mol. The van der Waals surface area contributed by atoms with E-state index in [0.29, 0.717) is 16.6 Å². The quantitative estimate of drug-likeness (QED) is 0.302. The molecule has 246 valence electrons. The number of halogens is 3. The summed E-state index contributed by atoms with van der Waals surface area (Å²) in [4.78, 5) is 30.2. The Morgan fingerprint density at radius 1 is 0.844 bits per heavy atom. The number of nitrogens with zero attached hydrogens (tertiary/aromatic N) is 2. The minimum atomic E-state index is -0.202. The molecule has 0 aromatic heterocycles. The molecule has 3 aromatic rings. The second-order valence-electron chi connectivity index (χ2n) is 12.2. The molecule has 3 aromatic carbocycles. The van der Waals surface area contributed by atoms with Gasteiger partial charge >= 0.3 is 0 Å². The molecule has 7 nitrogen and oxygen atoms in total. The van der Waals surface area contributed by atoms with E-state index in [0.717, 1.165) is 82.3 Å². The van der Waals surface area contributed by atoms with E-state index in [1.807, 2.05) is 53.4 Å². The number of hydrogen-bond acceptors (Lipinski definition) is 3. The topological polar surface area (TPSA) is 116 Å². The molecule has 0 aliphatic carbocycles. The van der Waals surface area contributed by atoms with Gasteiger partial charge in [-0.25, -0.2) is 0 Å². The Bertz CT molecular complexity index is 1370. The summed E-state index contributed by atoms with van der Waals surface area (Å²) in [6.07, 6.45) is 6.64. The monoisotopic (exact) mass is 677 g/mol. The number of hydrogen-bond donors (Lipinski definition) is 1. The van der Waals surface area contributed by atoms with Crippen molar-refractivity contribution in [3.63, 3.8) is 0 Å². The molecule has 45 heavy (non-hydrogen) atoms. The van der Waals surface area contributed by atoms with E-state index in [1.54, 1.807) is 6.92 Å². The van der Waals surface area contributed by atoms with Gasteiger partial charge in [0.15, 0.2) is 0 Å². The molecule has 2 fully saturated rings. The van der Waals surface area contributed by atoms with Crippen LogP contribution in [0.5, 0.6) is 0 Å². The van der Waals surface area contributed by atoms with Crippen molar-refractivity contribution < 1.29 is 20.5 Å². The third kappa shape index (κ3) is 9.67. The zero-order chi connectivity index (χ0) is 29.6. The van der Waals surface area contributed by atoms with Crippen molar-refractivity contribution >= 4 is 47.4 Å². The molecule has 10 heteroatoms. The van der Waals surface area contributed by atoms with Crippen LogP contribution in [0.4, 0.5) is 0 Å². The van der Waals surface area contributed by atoms with Crippen LogP contribution in [0.25, 0.3) is 0 Å². The zero-order valence-electron chi connectivity index (χ0n) is 25.9. The lowest BCUT2D eigenvalue weighted by molar-refractivity contribution is -0.121. The van der Waals surface area contributed by atoms with Crippen LogP contribution in [-0.4, -0.2) is 70.8 Å². The average molecular weight is 679 g/mol. The summed E-state index contributed by atoms with van der Waals surface area (Å²) in [5, 5.41) is 4.42. The van der Waals surface area contributed by atoms with Crippen LogP contribution < -0.4 is 5.32 Å². The lowest BCUT2D eigenvalue weighted by Gasteiger charge is -2.45. The molecular weight excluding hydrogens is 633 g/mol. The molecule has 0 saturated carbocycles. The van der Waals surface area contributed by atoms with Crippen molar-refractivity contribution in [3.05, 3.63) is 106 Å². The fourth-order valence-corrected chi connectivity index (χ4v) is 7.33. The van der Waals surface area contributed by atoms with E-state index >= 15 is 0 Å². The van der Waals surface area contributed by atoms with Crippen LogP contribution in [0.2, 0.25) is 10.0 Å². The molecule has 0 radical (unpaired) electrons. The Kier molecular flexibility index (Phi) is 14.8. The third-order valence-electron chi connectivity index (χ3n) is 9.19.